The lowest BCUT2D eigenvalue weighted by Gasteiger charge is -2.18. The van der Waals surface area contributed by atoms with Crippen molar-refractivity contribution in [3.05, 3.63) is 64.8 Å². The maximum Gasteiger partial charge on any atom is 0.255 e. The Balaban J connectivity index is 1.47. The van der Waals surface area contributed by atoms with Crippen LogP contribution >= 0.6 is 11.6 Å². The molecule has 4 N–H and O–H groups in total. The number of methoxy groups -OCH3 is 1. The number of nitrogens with zero attached hydrogens (tertiary/aromatic N) is 3. The first-order valence-electron chi connectivity index (χ1n) is 11.4. The topological polar surface area (TPSA) is 115 Å². The van der Waals surface area contributed by atoms with E-state index < -0.39 is 5.91 Å². The van der Waals surface area contributed by atoms with Gasteiger partial charge in [-0.3, -0.25) is 4.79 Å². The zero-order valence-electron chi connectivity index (χ0n) is 19.6. The number of ether oxygens (including phenoxy) is 2. The average molecular weight is 497 g/mol. The van der Waals surface area contributed by atoms with E-state index in [2.05, 4.69) is 37.6 Å². The highest BCUT2D eigenvalue weighted by atomic mass is 35.5. The number of aromatic nitrogens is 2. The fourth-order valence-electron chi connectivity index (χ4n) is 3.91. The lowest BCUT2D eigenvalue weighted by Crippen LogP contribution is -2.29. The Morgan fingerprint density at radius 1 is 1.14 bits per heavy atom. The maximum atomic E-state index is 11.1. The first-order valence-corrected chi connectivity index (χ1v) is 11.8. The summed E-state index contributed by atoms with van der Waals surface area (Å²) in [7, 11) is 1.74. The van der Waals surface area contributed by atoms with Crippen LogP contribution in [-0.4, -0.2) is 60.7 Å². The Bertz CT molecular complexity index is 1180. The van der Waals surface area contributed by atoms with Crippen molar-refractivity contribution in [2.24, 2.45) is 5.73 Å². The maximum absolute atomic E-state index is 11.1. The molecule has 0 spiro atoms. The van der Waals surface area contributed by atoms with Crippen molar-refractivity contribution < 1.29 is 14.3 Å². The second-order valence-electron chi connectivity index (χ2n) is 8.21. The third-order valence-corrected chi connectivity index (χ3v) is 6.00. The number of amides is 1. The minimum absolute atomic E-state index is 0.231. The summed E-state index contributed by atoms with van der Waals surface area (Å²) in [5, 5.41) is 6.78. The van der Waals surface area contributed by atoms with Crippen LogP contribution in [0.3, 0.4) is 0 Å². The zero-order chi connectivity index (χ0) is 24.6. The number of fused-ring (bicyclic) bond motifs is 1. The van der Waals surface area contributed by atoms with Crippen molar-refractivity contribution in [1.29, 1.82) is 0 Å². The second-order valence-corrected chi connectivity index (χ2v) is 8.62. The van der Waals surface area contributed by atoms with Gasteiger partial charge in [-0.05, 0) is 48.2 Å². The van der Waals surface area contributed by atoms with E-state index in [1.165, 1.54) is 17.3 Å². The molecule has 1 aliphatic heterocycles. The second kappa shape index (κ2) is 11.8. The summed E-state index contributed by atoms with van der Waals surface area (Å²) in [5.74, 6) is 0.709. The molecule has 1 aliphatic rings. The molecule has 3 aromatic rings. The first-order chi connectivity index (χ1) is 17.0. The van der Waals surface area contributed by atoms with Gasteiger partial charge in [-0.2, -0.15) is 4.98 Å². The third kappa shape index (κ3) is 6.82. The van der Waals surface area contributed by atoms with Crippen molar-refractivity contribution in [3.8, 4) is 5.75 Å². The van der Waals surface area contributed by atoms with Crippen LogP contribution in [0.15, 0.2) is 48.7 Å². The summed E-state index contributed by atoms with van der Waals surface area (Å²) in [6.45, 7) is 3.49. The molecule has 1 amide bonds. The number of hydrogen-bond donors (Lipinski definition) is 3. The molecule has 0 aliphatic carbocycles. The van der Waals surface area contributed by atoms with Crippen LogP contribution in [0.2, 0.25) is 5.02 Å². The lowest BCUT2D eigenvalue weighted by atomic mass is 10.0. The Hall–Kier alpha value is -3.40. The van der Waals surface area contributed by atoms with Crippen LogP contribution < -0.4 is 21.1 Å². The number of rotatable bonds is 10. The van der Waals surface area contributed by atoms with Gasteiger partial charge in [-0.25, -0.2) is 4.98 Å². The van der Waals surface area contributed by atoms with Crippen molar-refractivity contribution in [2.45, 2.75) is 12.8 Å². The van der Waals surface area contributed by atoms with Gasteiger partial charge in [0, 0.05) is 32.4 Å². The van der Waals surface area contributed by atoms with E-state index in [4.69, 9.17) is 26.8 Å². The molecule has 0 atom stereocenters. The van der Waals surface area contributed by atoms with Crippen LogP contribution in [0, 0.1) is 0 Å². The molecule has 184 valence electrons. The van der Waals surface area contributed by atoms with Crippen molar-refractivity contribution in [3.63, 3.8) is 0 Å². The van der Waals surface area contributed by atoms with Gasteiger partial charge in [-0.1, -0.05) is 29.8 Å². The highest BCUT2D eigenvalue weighted by Gasteiger charge is 2.15. The van der Waals surface area contributed by atoms with E-state index in [1.807, 2.05) is 12.1 Å². The molecule has 0 saturated heterocycles. The molecule has 0 saturated carbocycles. The number of carbonyl (C=O) groups excluding carboxylic acids is 1. The Morgan fingerprint density at radius 2 is 1.94 bits per heavy atom. The van der Waals surface area contributed by atoms with Crippen molar-refractivity contribution in [1.82, 2.24) is 14.9 Å². The molecule has 1 aromatic heterocycles. The first kappa shape index (κ1) is 24.7. The fraction of sp³-hybridized carbons (Fsp3) is 0.320. The molecule has 0 fully saturated rings. The minimum atomic E-state index is -0.560. The van der Waals surface area contributed by atoms with Gasteiger partial charge in [-0.15, -0.1) is 0 Å². The number of benzene rings is 2. The molecule has 2 heterocycles. The smallest absolute Gasteiger partial charge is 0.255 e. The Labute approximate surface area is 209 Å². The molecular formula is C25H29ClN6O3. The molecule has 35 heavy (non-hydrogen) atoms. The number of nitrogens with two attached hydrogens (primary N) is 1. The number of para-hydroxylation sites is 2. The monoisotopic (exact) mass is 496 g/mol. The highest BCUT2D eigenvalue weighted by molar-refractivity contribution is 6.32. The molecule has 9 nitrogen and oxygen atoms in total. The number of halogens is 1. The highest BCUT2D eigenvalue weighted by Crippen LogP contribution is 2.31. The van der Waals surface area contributed by atoms with Gasteiger partial charge in [0.2, 0.25) is 5.95 Å². The number of nitrogens with one attached hydrogen (secondary N) is 2. The van der Waals surface area contributed by atoms with Crippen LogP contribution in [0.25, 0.3) is 0 Å². The Morgan fingerprint density at radius 3 is 2.74 bits per heavy atom. The van der Waals surface area contributed by atoms with Crippen molar-refractivity contribution >= 4 is 40.6 Å². The summed E-state index contributed by atoms with van der Waals surface area (Å²) >= 11 is 6.35. The molecule has 0 unspecified atom stereocenters. The molecule has 10 heteroatoms. The van der Waals surface area contributed by atoms with Crippen LogP contribution in [-0.2, 0) is 22.4 Å². The van der Waals surface area contributed by atoms with Gasteiger partial charge in [0.1, 0.15) is 10.8 Å². The number of hydrogen-bond acceptors (Lipinski definition) is 8. The summed E-state index contributed by atoms with van der Waals surface area (Å²) in [5.41, 5.74) is 9.39. The normalized spacial score (nSPS) is 13.5. The third-order valence-electron chi connectivity index (χ3n) is 5.72. The van der Waals surface area contributed by atoms with Gasteiger partial charge in [0.05, 0.1) is 18.5 Å². The van der Waals surface area contributed by atoms with E-state index in [9.17, 15) is 4.79 Å². The standard InChI is InChI=1S/C25H29ClN6O3/c1-34-13-12-32-10-8-17-6-7-19(14-18(17)9-11-32)29-25-28-15-20(26)24(31-25)30-21-4-2-3-5-22(21)35-16-23(27)33/h2-7,14-15H,8-13,16H2,1H3,(H2,27,33)(H2,28,29,30,31). The average Bonchev–Trinajstić information content (AvgIpc) is 3.06. The van der Waals surface area contributed by atoms with Crippen molar-refractivity contribution in [2.75, 3.05) is 50.6 Å². The predicted octanol–water partition coefficient (Wildman–Crippen LogP) is 3.53. The fourth-order valence-corrected chi connectivity index (χ4v) is 4.05. The summed E-state index contributed by atoms with van der Waals surface area (Å²) in [6, 6.07) is 13.5. The van der Waals surface area contributed by atoms with Gasteiger partial charge in [0.15, 0.2) is 12.4 Å². The van der Waals surface area contributed by atoms with Gasteiger partial charge >= 0.3 is 0 Å². The summed E-state index contributed by atoms with van der Waals surface area (Å²) in [6.07, 6.45) is 3.52. The number of anilines is 4. The summed E-state index contributed by atoms with van der Waals surface area (Å²) in [4.78, 5) is 22.4. The molecule has 2 aromatic carbocycles. The van der Waals surface area contributed by atoms with E-state index in [0.717, 1.165) is 44.8 Å². The lowest BCUT2D eigenvalue weighted by molar-refractivity contribution is -0.119. The van der Waals surface area contributed by atoms with E-state index >= 15 is 0 Å². The summed E-state index contributed by atoms with van der Waals surface area (Å²) < 4.78 is 10.7. The number of primary amides is 1. The molecular weight excluding hydrogens is 468 g/mol. The van der Waals surface area contributed by atoms with Gasteiger partial charge in [0.25, 0.3) is 5.91 Å². The number of carbonyl (C=O) groups is 1. The zero-order valence-corrected chi connectivity index (χ0v) is 20.3. The van der Waals surface area contributed by atoms with E-state index in [1.54, 1.807) is 25.3 Å². The predicted molar refractivity (Wildman–Crippen MR) is 137 cm³/mol. The molecule has 4 rings (SSSR count). The Kier molecular flexibility index (Phi) is 8.36. The quantitative estimate of drug-likeness (QED) is 0.390. The van der Waals surface area contributed by atoms with E-state index in [-0.39, 0.29) is 6.61 Å². The molecule has 0 bridgehead atoms. The van der Waals surface area contributed by atoms with Crippen LogP contribution in [0.5, 0.6) is 5.75 Å². The largest absolute Gasteiger partial charge is 0.482 e. The minimum Gasteiger partial charge on any atom is -0.482 e. The SMILES string of the molecule is COCCN1CCc2ccc(Nc3ncc(Cl)c(Nc4ccccc4OCC(N)=O)n3)cc2CC1. The molecule has 0 radical (unpaired) electrons. The van der Waals surface area contributed by atoms with Gasteiger partial charge < -0.3 is 30.7 Å². The van der Waals surface area contributed by atoms with Crippen LogP contribution in [0.1, 0.15) is 11.1 Å². The van der Waals surface area contributed by atoms with Crippen LogP contribution in [0.4, 0.5) is 23.1 Å². The van der Waals surface area contributed by atoms with E-state index in [0.29, 0.717) is 28.2 Å².